The Morgan fingerprint density at radius 2 is 1.72 bits per heavy atom. The summed E-state index contributed by atoms with van der Waals surface area (Å²) in [5, 5.41) is 20.7. The lowest BCUT2D eigenvalue weighted by molar-refractivity contribution is -0.0132. The molecule has 0 aromatic heterocycles. The first-order valence-electron chi connectivity index (χ1n) is 9.28. The van der Waals surface area contributed by atoms with Crippen LogP contribution in [0.1, 0.15) is 25.8 Å². The van der Waals surface area contributed by atoms with Crippen molar-refractivity contribution in [1.29, 1.82) is 0 Å². The number of aliphatic hydroxyl groups excluding tert-OH is 2. The van der Waals surface area contributed by atoms with E-state index in [1.54, 1.807) is 0 Å². The predicted octanol–water partition coefficient (Wildman–Crippen LogP) is 3.35. The highest BCUT2D eigenvalue weighted by Crippen LogP contribution is 2.26. The van der Waals surface area contributed by atoms with Crippen LogP contribution in [0.2, 0.25) is 0 Å². The third-order valence-electron chi connectivity index (χ3n) is 5.39. The zero-order valence-electron chi connectivity index (χ0n) is 15.2. The molecule has 1 fully saturated rings. The molecule has 2 N–H and O–H groups in total. The monoisotopic (exact) mass is 339 g/mol. The van der Waals surface area contributed by atoms with Gasteiger partial charge in [0.2, 0.25) is 0 Å². The van der Waals surface area contributed by atoms with E-state index >= 15 is 0 Å². The van der Waals surface area contributed by atoms with Crippen molar-refractivity contribution in [2.45, 2.75) is 44.9 Å². The van der Waals surface area contributed by atoms with Gasteiger partial charge in [0, 0.05) is 25.6 Å². The van der Waals surface area contributed by atoms with E-state index in [0.717, 1.165) is 13.0 Å². The zero-order valence-corrected chi connectivity index (χ0v) is 15.2. The second-order valence-corrected chi connectivity index (χ2v) is 7.46. The quantitative estimate of drug-likeness (QED) is 0.878. The van der Waals surface area contributed by atoms with Gasteiger partial charge in [0.15, 0.2) is 0 Å². The molecule has 0 spiro atoms. The highest BCUT2D eigenvalue weighted by molar-refractivity contribution is 5.67. The Bertz CT molecular complexity index is 673. The number of piperidine rings is 1. The van der Waals surface area contributed by atoms with Gasteiger partial charge in [0.05, 0.1) is 12.2 Å². The molecule has 1 aliphatic rings. The molecular weight excluding hydrogens is 310 g/mol. The molecule has 4 unspecified atom stereocenters. The molecule has 1 heterocycles. The number of hydrogen-bond donors (Lipinski definition) is 2. The van der Waals surface area contributed by atoms with Crippen molar-refractivity contribution in [3.8, 4) is 11.1 Å². The van der Waals surface area contributed by atoms with Crippen LogP contribution >= 0.6 is 0 Å². The molecule has 0 saturated carbocycles. The summed E-state index contributed by atoms with van der Waals surface area (Å²) >= 11 is 0. The van der Waals surface area contributed by atoms with Crippen molar-refractivity contribution in [2.24, 2.45) is 5.92 Å². The summed E-state index contributed by atoms with van der Waals surface area (Å²) in [4.78, 5) is 2.31. The highest BCUT2D eigenvalue weighted by Gasteiger charge is 2.30. The van der Waals surface area contributed by atoms with E-state index < -0.39 is 6.10 Å². The summed E-state index contributed by atoms with van der Waals surface area (Å²) < 4.78 is 0. The van der Waals surface area contributed by atoms with Crippen LogP contribution in [-0.2, 0) is 6.42 Å². The topological polar surface area (TPSA) is 43.7 Å². The maximum absolute atomic E-state index is 10.7. The van der Waals surface area contributed by atoms with Gasteiger partial charge in [-0.25, -0.2) is 0 Å². The fourth-order valence-corrected chi connectivity index (χ4v) is 3.84. The Balaban J connectivity index is 1.69. The van der Waals surface area contributed by atoms with Gasteiger partial charge >= 0.3 is 0 Å². The van der Waals surface area contributed by atoms with E-state index in [0.29, 0.717) is 19.0 Å². The molecule has 3 nitrogen and oxygen atoms in total. The minimum Gasteiger partial charge on any atom is -0.393 e. The van der Waals surface area contributed by atoms with Crippen LogP contribution in [0, 0.1) is 5.92 Å². The molecule has 25 heavy (non-hydrogen) atoms. The Hall–Kier alpha value is -1.68. The van der Waals surface area contributed by atoms with Gasteiger partial charge < -0.3 is 10.2 Å². The van der Waals surface area contributed by atoms with Gasteiger partial charge in [0.1, 0.15) is 0 Å². The zero-order chi connectivity index (χ0) is 17.8. The van der Waals surface area contributed by atoms with Gasteiger partial charge in [0.25, 0.3) is 0 Å². The molecule has 1 aliphatic heterocycles. The number of hydrogen-bond acceptors (Lipinski definition) is 3. The van der Waals surface area contributed by atoms with Crippen LogP contribution in [0.15, 0.2) is 54.6 Å². The first kappa shape index (κ1) is 18.1. The van der Waals surface area contributed by atoms with Crippen molar-refractivity contribution >= 4 is 0 Å². The summed E-state index contributed by atoms with van der Waals surface area (Å²) in [6.07, 6.45) is 0.802. The lowest BCUT2D eigenvalue weighted by atomic mass is 9.91. The summed E-state index contributed by atoms with van der Waals surface area (Å²) in [5.41, 5.74) is 3.56. The number of rotatable bonds is 5. The molecule has 3 heteroatoms. The van der Waals surface area contributed by atoms with Crippen LogP contribution in [0.3, 0.4) is 0 Å². The van der Waals surface area contributed by atoms with E-state index in [-0.39, 0.29) is 12.0 Å². The number of aliphatic hydroxyl groups is 2. The first-order chi connectivity index (χ1) is 12.0. The van der Waals surface area contributed by atoms with Gasteiger partial charge in [-0.1, -0.05) is 61.5 Å². The van der Waals surface area contributed by atoms with Crippen molar-refractivity contribution in [3.05, 3.63) is 60.2 Å². The van der Waals surface area contributed by atoms with Gasteiger partial charge in [-0.3, -0.25) is 4.90 Å². The Morgan fingerprint density at radius 1 is 1.04 bits per heavy atom. The number of nitrogens with zero attached hydrogens (tertiary/aromatic N) is 1. The number of likely N-dealkylation sites (tertiary alicyclic amines) is 1. The van der Waals surface area contributed by atoms with Crippen molar-refractivity contribution in [2.75, 3.05) is 13.1 Å². The predicted molar refractivity (Wildman–Crippen MR) is 102 cm³/mol. The maximum atomic E-state index is 10.7. The largest absolute Gasteiger partial charge is 0.393 e. The molecule has 4 atom stereocenters. The molecule has 1 saturated heterocycles. The first-order valence-corrected chi connectivity index (χ1v) is 9.28. The minimum atomic E-state index is -0.408. The van der Waals surface area contributed by atoms with Crippen LogP contribution in [0.25, 0.3) is 11.1 Å². The smallest absolute Gasteiger partial charge is 0.0707 e. The number of benzene rings is 2. The van der Waals surface area contributed by atoms with E-state index in [9.17, 15) is 10.2 Å². The molecule has 0 aliphatic carbocycles. The fourth-order valence-electron chi connectivity index (χ4n) is 3.84. The SMILES string of the molecule is CC1CN(CC(O)Cc2ccccc2-c2ccccc2)C(C)CC1O. The molecule has 134 valence electrons. The molecule has 2 aromatic rings. The van der Waals surface area contributed by atoms with Crippen LogP contribution in [0.5, 0.6) is 0 Å². The normalized spacial score (nSPS) is 25.7. The molecule has 3 rings (SSSR count). The van der Waals surface area contributed by atoms with E-state index in [1.165, 1.54) is 16.7 Å². The van der Waals surface area contributed by atoms with Gasteiger partial charge in [-0.15, -0.1) is 0 Å². The van der Waals surface area contributed by atoms with Crippen molar-refractivity contribution in [3.63, 3.8) is 0 Å². The second kappa shape index (κ2) is 8.13. The van der Waals surface area contributed by atoms with Gasteiger partial charge in [-0.05, 0) is 36.0 Å². The van der Waals surface area contributed by atoms with E-state index in [1.807, 2.05) is 30.3 Å². The highest BCUT2D eigenvalue weighted by atomic mass is 16.3. The summed E-state index contributed by atoms with van der Waals surface area (Å²) in [6.45, 7) is 5.72. The average Bonchev–Trinajstić information content (AvgIpc) is 2.61. The summed E-state index contributed by atoms with van der Waals surface area (Å²) in [7, 11) is 0. The minimum absolute atomic E-state index is 0.220. The van der Waals surface area contributed by atoms with Crippen LogP contribution in [0.4, 0.5) is 0 Å². The standard InChI is InChI=1S/C22H29NO2/c1-16-14-23(17(2)12-22(16)25)15-20(24)13-19-10-6-7-11-21(19)18-8-4-3-5-9-18/h3-11,16-17,20,22,24-25H,12-15H2,1-2H3. The Labute approximate surface area is 150 Å². The molecule has 2 aromatic carbocycles. The third-order valence-corrected chi connectivity index (χ3v) is 5.39. The molecular formula is C22H29NO2. The fraction of sp³-hybridized carbons (Fsp3) is 0.455. The van der Waals surface area contributed by atoms with E-state index in [2.05, 4.69) is 43.0 Å². The summed E-state index contributed by atoms with van der Waals surface area (Å²) in [5.74, 6) is 0.264. The Kier molecular flexibility index (Phi) is 5.89. The van der Waals surface area contributed by atoms with Crippen LogP contribution < -0.4 is 0 Å². The molecule has 0 amide bonds. The lowest BCUT2D eigenvalue weighted by Gasteiger charge is -2.40. The average molecular weight is 339 g/mol. The molecule has 0 radical (unpaired) electrons. The number of β-amino-alcohol motifs (C(OH)–C–C–N with tert-alkyl or cyclic N) is 1. The molecule has 0 bridgehead atoms. The van der Waals surface area contributed by atoms with Crippen LogP contribution in [-0.4, -0.2) is 46.5 Å². The van der Waals surface area contributed by atoms with E-state index in [4.69, 9.17) is 0 Å². The van der Waals surface area contributed by atoms with Crippen molar-refractivity contribution in [1.82, 2.24) is 4.90 Å². The maximum Gasteiger partial charge on any atom is 0.0707 e. The summed E-state index contributed by atoms with van der Waals surface area (Å²) in [6, 6.07) is 19.0. The second-order valence-electron chi connectivity index (χ2n) is 7.46. The van der Waals surface area contributed by atoms with Gasteiger partial charge in [-0.2, -0.15) is 0 Å². The third kappa shape index (κ3) is 4.49. The lowest BCUT2D eigenvalue weighted by Crippen LogP contribution is -2.50. The Morgan fingerprint density at radius 3 is 2.48 bits per heavy atom. The van der Waals surface area contributed by atoms with Crippen molar-refractivity contribution < 1.29 is 10.2 Å².